The van der Waals surface area contributed by atoms with Crippen molar-refractivity contribution < 1.29 is 4.79 Å². The number of hydrogen-bond donors (Lipinski definition) is 1. The summed E-state index contributed by atoms with van der Waals surface area (Å²) < 4.78 is 0. The molecule has 0 fully saturated rings. The van der Waals surface area contributed by atoms with Gasteiger partial charge in [-0.3, -0.25) is 9.78 Å². The second-order valence-electron chi connectivity index (χ2n) is 4.62. The van der Waals surface area contributed by atoms with Crippen LogP contribution in [-0.2, 0) is 6.54 Å². The largest absolute Gasteiger partial charge is 0.379 e. The number of pyridine rings is 1. The molecule has 0 saturated carbocycles. The Morgan fingerprint density at radius 1 is 1.38 bits per heavy atom. The van der Waals surface area contributed by atoms with Crippen molar-refractivity contribution in [1.82, 2.24) is 14.9 Å². The van der Waals surface area contributed by atoms with Crippen LogP contribution in [0.15, 0.2) is 23.7 Å². The zero-order chi connectivity index (χ0) is 15.2. The monoisotopic (exact) mass is 304 g/mol. The lowest BCUT2D eigenvalue weighted by atomic mass is 10.2. The third kappa shape index (κ3) is 4.01. The fraction of sp³-hybridized carbons (Fsp3) is 0.400. The first-order valence-electron chi connectivity index (χ1n) is 7.04. The fourth-order valence-electron chi connectivity index (χ4n) is 2.01. The highest BCUT2D eigenvalue weighted by molar-refractivity contribution is 7.09. The average Bonchev–Trinajstić information content (AvgIpc) is 2.92. The van der Waals surface area contributed by atoms with Gasteiger partial charge in [-0.1, -0.05) is 0 Å². The van der Waals surface area contributed by atoms with E-state index < -0.39 is 0 Å². The molecule has 21 heavy (non-hydrogen) atoms. The Bertz CT molecular complexity index is 607. The van der Waals surface area contributed by atoms with Crippen molar-refractivity contribution in [2.75, 3.05) is 18.4 Å². The van der Waals surface area contributed by atoms with Crippen LogP contribution in [-0.4, -0.2) is 33.9 Å². The number of thiazole rings is 1. The first-order chi connectivity index (χ1) is 10.1. The van der Waals surface area contributed by atoms with Gasteiger partial charge in [0.25, 0.3) is 5.91 Å². The van der Waals surface area contributed by atoms with Crippen molar-refractivity contribution in [3.05, 3.63) is 40.1 Å². The van der Waals surface area contributed by atoms with E-state index in [1.165, 1.54) is 0 Å². The Hall–Kier alpha value is -1.95. The SMILES string of the molecule is CCN(CC)C(=O)c1cc(NCc2csc(C)n2)ccn1. The van der Waals surface area contributed by atoms with Gasteiger partial charge in [0.15, 0.2) is 0 Å². The molecular formula is C15H20N4OS. The zero-order valence-corrected chi connectivity index (χ0v) is 13.4. The Balaban J connectivity index is 2.05. The lowest BCUT2D eigenvalue weighted by Crippen LogP contribution is -2.31. The van der Waals surface area contributed by atoms with Gasteiger partial charge in [-0.15, -0.1) is 11.3 Å². The van der Waals surface area contributed by atoms with Gasteiger partial charge in [0, 0.05) is 30.4 Å². The van der Waals surface area contributed by atoms with Crippen LogP contribution >= 0.6 is 11.3 Å². The molecule has 2 aromatic rings. The van der Waals surface area contributed by atoms with Gasteiger partial charge in [-0.2, -0.15) is 0 Å². The molecule has 0 aliphatic carbocycles. The molecule has 6 heteroatoms. The predicted molar refractivity (Wildman–Crippen MR) is 85.7 cm³/mol. The number of aromatic nitrogens is 2. The minimum atomic E-state index is -0.0341. The molecule has 0 aliphatic rings. The molecule has 112 valence electrons. The summed E-state index contributed by atoms with van der Waals surface area (Å²) in [6.45, 7) is 7.94. The van der Waals surface area contributed by atoms with E-state index in [9.17, 15) is 4.79 Å². The molecule has 0 saturated heterocycles. The van der Waals surface area contributed by atoms with Gasteiger partial charge in [-0.05, 0) is 32.9 Å². The summed E-state index contributed by atoms with van der Waals surface area (Å²) in [6, 6.07) is 3.65. The normalized spacial score (nSPS) is 10.4. The molecule has 0 aromatic carbocycles. The maximum atomic E-state index is 12.3. The molecule has 0 unspecified atom stereocenters. The summed E-state index contributed by atoms with van der Waals surface area (Å²) in [5.41, 5.74) is 2.36. The third-order valence-corrected chi connectivity index (χ3v) is 3.99. The summed E-state index contributed by atoms with van der Waals surface area (Å²) in [5.74, 6) is -0.0341. The Labute approximate surface area is 129 Å². The second kappa shape index (κ2) is 7.17. The molecule has 0 atom stereocenters. The first kappa shape index (κ1) is 15.4. The number of nitrogens with one attached hydrogen (secondary N) is 1. The van der Waals surface area contributed by atoms with E-state index in [4.69, 9.17) is 0 Å². The van der Waals surface area contributed by atoms with Crippen molar-refractivity contribution in [1.29, 1.82) is 0 Å². The Kier molecular flexibility index (Phi) is 5.27. The predicted octanol–water partition coefficient (Wildman–Crippen LogP) is 2.94. The highest BCUT2D eigenvalue weighted by atomic mass is 32.1. The van der Waals surface area contributed by atoms with E-state index in [0.717, 1.165) is 16.4 Å². The summed E-state index contributed by atoms with van der Waals surface area (Å²) in [4.78, 5) is 22.6. The summed E-state index contributed by atoms with van der Waals surface area (Å²) >= 11 is 1.63. The van der Waals surface area contributed by atoms with Gasteiger partial charge in [0.1, 0.15) is 5.69 Å². The van der Waals surface area contributed by atoms with Crippen LogP contribution in [0.1, 0.15) is 35.0 Å². The van der Waals surface area contributed by atoms with Crippen molar-refractivity contribution in [2.24, 2.45) is 0 Å². The molecule has 0 spiro atoms. The smallest absolute Gasteiger partial charge is 0.272 e. The maximum Gasteiger partial charge on any atom is 0.272 e. The molecule has 0 bridgehead atoms. The number of amides is 1. The maximum absolute atomic E-state index is 12.3. The van der Waals surface area contributed by atoms with Crippen LogP contribution < -0.4 is 5.32 Å². The molecule has 1 N–H and O–H groups in total. The van der Waals surface area contributed by atoms with Gasteiger partial charge in [0.2, 0.25) is 0 Å². The van der Waals surface area contributed by atoms with Crippen molar-refractivity contribution in [2.45, 2.75) is 27.3 Å². The molecule has 2 heterocycles. The Morgan fingerprint density at radius 2 is 2.14 bits per heavy atom. The van der Waals surface area contributed by atoms with Gasteiger partial charge in [0.05, 0.1) is 17.2 Å². The van der Waals surface area contributed by atoms with Crippen LogP contribution in [0.25, 0.3) is 0 Å². The third-order valence-electron chi connectivity index (χ3n) is 3.17. The van der Waals surface area contributed by atoms with Gasteiger partial charge in [-0.25, -0.2) is 4.98 Å². The van der Waals surface area contributed by atoms with Gasteiger partial charge < -0.3 is 10.2 Å². The molecule has 2 aromatic heterocycles. The molecule has 0 aliphatic heterocycles. The molecule has 1 amide bonds. The van der Waals surface area contributed by atoms with Crippen LogP contribution in [0.2, 0.25) is 0 Å². The van der Waals surface area contributed by atoms with Crippen LogP contribution in [0.5, 0.6) is 0 Å². The molecular weight excluding hydrogens is 284 g/mol. The quantitative estimate of drug-likeness (QED) is 0.891. The number of carbonyl (C=O) groups is 1. The summed E-state index contributed by atoms with van der Waals surface area (Å²) in [5, 5.41) is 6.37. The van der Waals surface area contributed by atoms with E-state index in [0.29, 0.717) is 25.3 Å². The fourth-order valence-corrected chi connectivity index (χ4v) is 2.62. The number of rotatable bonds is 6. The lowest BCUT2D eigenvalue weighted by molar-refractivity contribution is 0.0767. The number of carbonyl (C=O) groups excluding carboxylic acids is 1. The number of hydrogen-bond acceptors (Lipinski definition) is 5. The highest BCUT2D eigenvalue weighted by Crippen LogP contribution is 2.13. The Morgan fingerprint density at radius 3 is 2.76 bits per heavy atom. The van der Waals surface area contributed by atoms with Crippen LogP contribution in [0.3, 0.4) is 0 Å². The van der Waals surface area contributed by atoms with E-state index in [1.54, 1.807) is 28.5 Å². The van der Waals surface area contributed by atoms with Crippen LogP contribution in [0, 0.1) is 6.92 Å². The van der Waals surface area contributed by atoms with E-state index in [-0.39, 0.29) is 5.91 Å². The van der Waals surface area contributed by atoms with Crippen molar-refractivity contribution >= 4 is 22.9 Å². The zero-order valence-electron chi connectivity index (χ0n) is 12.6. The minimum absolute atomic E-state index is 0.0341. The molecule has 0 radical (unpaired) electrons. The number of anilines is 1. The van der Waals surface area contributed by atoms with Crippen molar-refractivity contribution in [3.63, 3.8) is 0 Å². The summed E-state index contributed by atoms with van der Waals surface area (Å²) in [7, 11) is 0. The second-order valence-corrected chi connectivity index (χ2v) is 5.68. The summed E-state index contributed by atoms with van der Waals surface area (Å²) in [6.07, 6.45) is 1.66. The van der Waals surface area contributed by atoms with E-state index in [1.807, 2.05) is 32.2 Å². The topological polar surface area (TPSA) is 58.1 Å². The number of aryl methyl sites for hydroxylation is 1. The van der Waals surface area contributed by atoms with Crippen molar-refractivity contribution in [3.8, 4) is 0 Å². The average molecular weight is 304 g/mol. The molecule has 2 rings (SSSR count). The molecule has 5 nitrogen and oxygen atoms in total. The number of nitrogens with zero attached hydrogens (tertiary/aromatic N) is 3. The first-order valence-corrected chi connectivity index (χ1v) is 7.92. The van der Waals surface area contributed by atoms with E-state index >= 15 is 0 Å². The minimum Gasteiger partial charge on any atom is -0.379 e. The standard InChI is InChI=1S/C15H20N4OS/c1-4-19(5-2)15(20)14-8-12(6-7-16-14)17-9-13-10-21-11(3)18-13/h6-8,10H,4-5,9H2,1-3H3,(H,16,17). The lowest BCUT2D eigenvalue weighted by Gasteiger charge is -2.18. The van der Waals surface area contributed by atoms with Gasteiger partial charge >= 0.3 is 0 Å². The van der Waals surface area contributed by atoms with Crippen LogP contribution in [0.4, 0.5) is 5.69 Å². The highest BCUT2D eigenvalue weighted by Gasteiger charge is 2.14. The van der Waals surface area contributed by atoms with E-state index in [2.05, 4.69) is 15.3 Å².